The molecule has 3 N–H and O–H groups in total. The highest BCUT2D eigenvalue weighted by atomic mass is 16.5. The second-order valence-corrected chi connectivity index (χ2v) is 8.11. The molecule has 0 saturated carbocycles. The molecule has 0 unspecified atom stereocenters. The Balaban J connectivity index is 1.43. The number of benzene rings is 3. The second-order valence-electron chi connectivity index (χ2n) is 8.11. The van der Waals surface area contributed by atoms with Crippen molar-refractivity contribution >= 4 is 34.5 Å². The van der Waals surface area contributed by atoms with Gasteiger partial charge in [0.15, 0.2) is 0 Å². The molecular weight excluding hydrogens is 452 g/mol. The van der Waals surface area contributed by atoms with Gasteiger partial charge < -0.3 is 14.8 Å². The summed E-state index contributed by atoms with van der Waals surface area (Å²) in [6.07, 6.45) is 0. The summed E-state index contributed by atoms with van der Waals surface area (Å²) in [5.41, 5.74) is 3.92. The van der Waals surface area contributed by atoms with Gasteiger partial charge in [0.2, 0.25) is 0 Å². The molecular formula is C25H24N4O6. The maximum Gasteiger partial charge on any atom is 0.325 e. The summed E-state index contributed by atoms with van der Waals surface area (Å²) >= 11 is 0. The predicted octanol–water partition coefficient (Wildman–Crippen LogP) is 2.09. The van der Waals surface area contributed by atoms with Crippen LogP contribution < -0.4 is 25.6 Å². The first kappa shape index (κ1) is 23.6. The molecule has 1 aliphatic heterocycles. The lowest BCUT2D eigenvalue weighted by atomic mass is 9.90. The van der Waals surface area contributed by atoms with Gasteiger partial charge in [0, 0.05) is 11.6 Å². The van der Waals surface area contributed by atoms with Crippen molar-refractivity contribution in [3.05, 3.63) is 71.8 Å². The highest BCUT2D eigenvalue weighted by Gasteiger charge is 2.49. The first-order chi connectivity index (χ1) is 16.7. The minimum Gasteiger partial charge on any atom is -0.497 e. The number of fused-ring (bicyclic) bond motifs is 1. The van der Waals surface area contributed by atoms with Crippen LogP contribution in [0.5, 0.6) is 11.5 Å². The molecule has 5 amide bonds. The number of nitrogens with one attached hydrogen (secondary N) is 3. The van der Waals surface area contributed by atoms with Crippen LogP contribution in [0.2, 0.25) is 0 Å². The molecule has 1 atom stereocenters. The van der Waals surface area contributed by atoms with Crippen molar-refractivity contribution in [2.24, 2.45) is 0 Å². The summed E-state index contributed by atoms with van der Waals surface area (Å²) in [6, 6.07) is 17.0. The number of hydrogen-bond acceptors (Lipinski definition) is 6. The third-order valence-electron chi connectivity index (χ3n) is 5.83. The summed E-state index contributed by atoms with van der Waals surface area (Å²) in [5.74, 6) is -1.16. The van der Waals surface area contributed by atoms with E-state index in [0.717, 1.165) is 15.7 Å². The number of urea groups is 1. The van der Waals surface area contributed by atoms with Gasteiger partial charge in [-0.25, -0.2) is 4.79 Å². The van der Waals surface area contributed by atoms with E-state index in [-0.39, 0.29) is 5.56 Å². The number of amides is 5. The number of ether oxygens (including phenoxy) is 2. The van der Waals surface area contributed by atoms with Gasteiger partial charge >= 0.3 is 6.03 Å². The number of carbonyl (C=O) groups excluding carboxylic acids is 4. The number of methoxy groups -OCH3 is 2. The van der Waals surface area contributed by atoms with E-state index in [1.165, 1.54) is 26.4 Å². The second kappa shape index (κ2) is 9.34. The molecule has 1 aliphatic rings. The zero-order chi connectivity index (χ0) is 25.2. The Morgan fingerprint density at radius 3 is 2.23 bits per heavy atom. The molecule has 0 aliphatic carbocycles. The van der Waals surface area contributed by atoms with E-state index in [1.807, 2.05) is 36.4 Å². The number of imide groups is 1. The summed E-state index contributed by atoms with van der Waals surface area (Å²) in [4.78, 5) is 51.4. The Morgan fingerprint density at radius 2 is 1.57 bits per heavy atom. The SMILES string of the molecule is COc1cc(OC)cc(C(=O)NNC(=O)CN2C(=O)N[C@](C)(c3ccc4ccccc4c3)C2=O)c1. The molecule has 1 heterocycles. The number of hydrazine groups is 1. The smallest absolute Gasteiger partial charge is 0.325 e. The number of hydrogen-bond donors (Lipinski definition) is 3. The Hall–Kier alpha value is -4.60. The van der Waals surface area contributed by atoms with Crippen molar-refractivity contribution in [2.45, 2.75) is 12.5 Å². The summed E-state index contributed by atoms with van der Waals surface area (Å²) in [5, 5.41) is 4.59. The number of nitrogens with zero attached hydrogens (tertiary/aromatic N) is 1. The van der Waals surface area contributed by atoms with E-state index in [9.17, 15) is 19.2 Å². The average Bonchev–Trinajstić information content (AvgIpc) is 3.10. The van der Waals surface area contributed by atoms with Crippen molar-refractivity contribution in [2.75, 3.05) is 20.8 Å². The molecule has 0 aromatic heterocycles. The van der Waals surface area contributed by atoms with E-state index in [4.69, 9.17) is 9.47 Å². The maximum atomic E-state index is 13.2. The predicted molar refractivity (Wildman–Crippen MR) is 127 cm³/mol. The Kier molecular flexibility index (Phi) is 6.28. The highest BCUT2D eigenvalue weighted by Crippen LogP contribution is 2.31. The Labute approximate surface area is 201 Å². The van der Waals surface area contributed by atoms with Gasteiger partial charge in [0.25, 0.3) is 17.7 Å². The molecule has 0 spiro atoms. The van der Waals surface area contributed by atoms with Crippen LogP contribution in [-0.4, -0.2) is 49.4 Å². The Morgan fingerprint density at radius 1 is 0.914 bits per heavy atom. The van der Waals surface area contributed by atoms with Gasteiger partial charge in [-0.1, -0.05) is 36.4 Å². The van der Waals surface area contributed by atoms with Crippen molar-refractivity contribution in [1.82, 2.24) is 21.1 Å². The van der Waals surface area contributed by atoms with Crippen LogP contribution >= 0.6 is 0 Å². The quantitative estimate of drug-likeness (QED) is 0.370. The van der Waals surface area contributed by atoms with Gasteiger partial charge in [-0.3, -0.25) is 30.1 Å². The molecule has 10 heteroatoms. The van der Waals surface area contributed by atoms with Crippen molar-refractivity contribution in [3.63, 3.8) is 0 Å². The Bertz CT molecular complexity index is 1320. The van der Waals surface area contributed by atoms with E-state index in [0.29, 0.717) is 17.1 Å². The van der Waals surface area contributed by atoms with Gasteiger partial charge in [0.1, 0.15) is 23.6 Å². The first-order valence-electron chi connectivity index (χ1n) is 10.7. The molecule has 10 nitrogen and oxygen atoms in total. The molecule has 0 bridgehead atoms. The van der Waals surface area contributed by atoms with Crippen LogP contribution in [0.3, 0.4) is 0 Å². The molecule has 1 fully saturated rings. The fourth-order valence-electron chi connectivity index (χ4n) is 3.86. The van der Waals surface area contributed by atoms with Crippen molar-refractivity contribution in [3.8, 4) is 11.5 Å². The van der Waals surface area contributed by atoms with Gasteiger partial charge in [-0.05, 0) is 41.5 Å². The van der Waals surface area contributed by atoms with E-state index < -0.39 is 35.8 Å². The maximum absolute atomic E-state index is 13.2. The monoisotopic (exact) mass is 476 g/mol. The lowest BCUT2D eigenvalue weighted by Gasteiger charge is -2.22. The third kappa shape index (κ3) is 4.58. The summed E-state index contributed by atoms with van der Waals surface area (Å²) < 4.78 is 10.3. The third-order valence-corrected chi connectivity index (χ3v) is 5.83. The lowest BCUT2D eigenvalue weighted by Crippen LogP contribution is -2.48. The van der Waals surface area contributed by atoms with Gasteiger partial charge in [-0.15, -0.1) is 0 Å². The van der Waals surface area contributed by atoms with Gasteiger partial charge in [0.05, 0.1) is 14.2 Å². The molecule has 0 radical (unpaired) electrons. The fraction of sp³-hybridized carbons (Fsp3) is 0.200. The molecule has 3 aromatic carbocycles. The first-order valence-corrected chi connectivity index (χ1v) is 10.7. The molecule has 180 valence electrons. The van der Waals surface area contributed by atoms with E-state index in [1.54, 1.807) is 19.1 Å². The molecule has 35 heavy (non-hydrogen) atoms. The largest absolute Gasteiger partial charge is 0.497 e. The topological polar surface area (TPSA) is 126 Å². The normalized spacial score (nSPS) is 17.2. The van der Waals surface area contributed by atoms with Crippen LogP contribution in [0.1, 0.15) is 22.8 Å². The molecule has 1 saturated heterocycles. The standard InChI is InChI=1S/C25H24N4O6/c1-25(18-9-8-15-6-4-5-7-16(15)10-18)23(32)29(24(33)26-25)14-21(30)27-28-22(31)17-11-19(34-2)13-20(12-17)35-3/h4-13H,14H2,1-3H3,(H,26,33)(H,27,30)(H,28,31)/t25-/m1/s1. The van der Waals surface area contributed by atoms with Crippen LogP contribution in [0.25, 0.3) is 10.8 Å². The average molecular weight is 476 g/mol. The number of rotatable bonds is 6. The minimum absolute atomic E-state index is 0.181. The highest BCUT2D eigenvalue weighted by molar-refractivity contribution is 6.09. The summed E-state index contributed by atoms with van der Waals surface area (Å²) in [6.45, 7) is 1.02. The van der Waals surface area contributed by atoms with Crippen LogP contribution in [0.15, 0.2) is 60.7 Å². The zero-order valence-corrected chi connectivity index (χ0v) is 19.4. The van der Waals surface area contributed by atoms with Gasteiger partial charge in [-0.2, -0.15) is 0 Å². The molecule has 4 rings (SSSR count). The lowest BCUT2D eigenvalue weighted by molar-refractivity contribution is -0.135. The van der Waals surface area contributed by atoms with Crippen LogP contribution in [-0.2, 0) is 15.1 Å². The minimum atomic E-state index is -1.33. The molecule has 3 aromatic rings. The van der Waals surface area contributed by atoms with Crippen molar-refractivity contribution in [1.29, 1.82) is 0 Å². The van der Waals surface area contributed by atoms with Crippen LogP contribution in [0, 0.1) is 0 Å². The zero-order valence-electron chi connectivity index (χ0n) is 19.4. The van der Waals surface area contributed by atoms with Crippen LogP contribution in [0.4, 0.5) is 4.79 Å². The van der Waals surface area contributed by atoms with E-state index in [2.05, 4.69) is 16.2 Å². The van der Waals surface area contributed by atoms with E-state index >= 15 is 0 Å². The summed E-state index contributed by atoms with van der Waals surface area (Å²) in [7, 11) is 2.89. The fourth-order valence-corrected chi connectivity index (χ4v) is 3.86. The van der Waals surface area contributed by atoms with Crippen molar-refractivity contribution < 1.29 is 28.7 Å². The number of carbonyl (C=O) groups is 4.